The molecule has 1 heterocycles. The molecule has 108 valence electrons. The maximum Gasteiger partial charge on any atom is 0.123 e. The van der Waals surface area contributed by atoms with Gasteiger partial charge in [0.05, 0.1) is 7.11 Å². The molecular weight excluding hydrogens is 334 g/mol. The fourth-order valence-corrected chi connectivity index (χ4v) is 3.41. The molecule has 0 amide bonds. The van der Waals surface area contributed by atoms with Crippen molar-refractivity contribution >= 4 is 27.3 Å². The smallest absolute Gasteiger partial charge is 0.123 e. The Morgan fingerprint density at radius 1 is 1.30 bits per heavy atom. The van der Waals surface area contributed by atoms with E-state index in [1.54, 1.807) is 7.11 Å². The summed E-state index contributed by atoms with van der Waals surface area (Å²) in [7, 11) is 1.71. The van der Waals surface area contributed by atoms with Gasteiger partial charge in [-0.3, -0.25) is 0 Å². The molecular formula is C16H20BrNOS. The SMILES string of the molecule is COc1ccc(Br)cc1CNCC(C)(C)c1cccs1. The van der Waals surface area contributed by atoms with Crippen molar-refractivity contribution in [3.8, 4) is 5.75 Å². The van der Waals surface area contributed by atoms with E-state index in [2.05, 4.69) is 58.7 Å². The molecule has 0 aliphatic heterocycles. The van der Waals surface area contributed by atoms with Crippen molar-refractivity contribution in [2.24, 2.45) is 0 Å². The average Bonchev–Trinajstić information content (AvgIpc) is 2.93. The summed E-state index contributed by atoms with van der Waals surface area (Å²) in [6, 6.07) is 10.4. The number of benzene rings is 1. The molecule has 0 saturated carbocycles. The fraction of sp³-hybridized carbons (Fsp3) is 0.375. The molecule has 2 aromatic rings. The number of nitrogens with one attached hydrogen (secondary N) is 1. The lowest BCUT2D eigenvalue weighted by Crippen LogP contribution is -2.32. The van der Waals surface area contributed by atoms with Crippen LogP contribution < -0.4 is 10.1 Å². The van der Waals surface area contributed by atoms with Gasteiger partial charge >= 0.3 is 0 Å². The predicted molar refractivity (Wildman–Crippen MR) is 89.7 cm³/mol. The minimum atomic E-state index is 0.146. The van der Waals surface area contributed by atoms with Gasteiger partial charge in [0, 0.05) is 33.4 Å². The first-order valence-electron chi connectivity index (χ1n) is 6.60. The van der Waals surface area contributed by atoms with Crippen LogP contribution in [0.4, 0.5) is 0 Å². The van der Waals surface area contributed by atoms with Crippen LogP contribution in [0.3, 0.4) is 0 Å². The van der Waals surface area contributed by atoms with Crippen molar-refractivity contribution in [3.05, 3.63) is 50.6 Å². The number of rotatable bonds is 6. The second kappa shape index (κ2) is 6.74. The Balaban J connectivity index is 1.98. The lowest BCUT2D eigenvalue weighted by molar-refractivity contribution is 0.404. The Morgan fingerprint density at radius 3 is 2.75 bits per heavy atom. The summed E-state index contributed by atoms with van der Waals surface area (Å²) in [6.07, 6.45) is 0. The number of ether oxygens (including phenoxy) is 1. The summed E-state index contributed by atoms with van der Waals surface area (Å²) >= 11 is 5.32. The van der Waals surface area contributed by atoms with Crippen LogP contribution in [0.2, 0.25) is 0 Å². The van der Waals surface area contributed by atoms with Crippen molar-refractivity contribution in [2.75, 3.05) is 13.7 Å². The van der Waals surface area contributed by atoms with Crippen molar-refractivity contribution in [1.29, 1.82) is 0 Å². The lowest BCUT2D eigenvalue weighted by atomic mass is 9.91. The zero-order valence-electron chi connectivity index (χ0n) is 12.1. The molecule has 2 nitrogen and oxygen atoms in total. The van der Waals surface area contributed by atoms with Crippen molar-refractivity contribution in [1.82, 2.24) is 5.32 Å². The van der Waals surface area contributed by atoms with Gasteiger partial charge in [-0.25, -0.2) is 0 Å². The van der Waals surface area contributed by atoms with E-state index in [4.69, 9.17) is 4.74 Å². The van der Waals surface area contributed by atoms with E-state index in [0.717, 1.165) is 23.3 Å². The van der Waals surface area contributed by atoms with Gasteiger partial charge in [0.1, 0.15) is 5.75 Å². The molecule has 0 unspecified atom stereocenters. The number of methoxy groups -OCH3 is 1. The molecule has 0 spiro atoms. The summed E-state index contributed by atoms with van der Waals surface area (Å²) in [6.45, 7) is 6.27. The van der Waals surface area contributed by atoms with Gasteiger partial charge < -0.3 is 10.1 Å². The third-order valence-corrected chi connectivity index (χ3v) is 5.04. The number of hydrogen-bond donors (Lipinski definition) is 1. The molecule has 1 aromatic carbocycles. The van der Waals surface area contributed by atoms with Crippen LogP contribution in [-0.4, -0.2) is 13.7 Å². The van der Waals surface area contributed by atoms with E-state index >= 15 is 0 Å². The maximum absolute atomic E-state index is 5.40. The largest absolute Gasteiger partial charge is 0.496 e. The summed E-state index contributed by atoms with van der Waals surface area (Å²) in [5.41, 5.74) is 1.32. The minimum absolute atomic E-state index is 0.146. The van der Waals surface area contributed by atoms with Crippen LogP contribution in [0.1, 0.15) is 24.3 Å². The van der Waals surface area contributed by atoms with Gasteiger partial charge in [-0.05, 0) is 29.6 Å². The summed E-state index contributed by atoms with van der Waals surface area (Å²) < 4.78 is 6.47. The molecule has 0 bridgehead atoms. The second-order valence-electron chi connectivity index (χ2n) is 5.42. The van der Waals surface area contributed by atoms with E-state index in [1.807, 2.05) is 23.5 Å². The lowest BCUT2D eigenvalue weighted by Gasteiger charge is -2.24. The normalized spacial score (nSPS) is 11.6. The number of hydrogen-bond acceptors (Lipinski definition) is 3. The predicted octanol–water partition coefficient (Wildman–Crippen LogP) is 4.59. The highest BCUT2D eigenvalue weighted by Crippen LogP contribution is 2.27. The van der Waals surface area contributed by atoms with E-state index in [1.165, 1.54) is 10.4 Å². The van der Waals surface area contributed by atoms with Crippen LogP contribution in [0.5, 0.6) is 5.75 Å². The topological polar surface area (TPSA) is 21.3 Å². The van der Waals surface area contributed by atoms with Gasteiger partial charge in [-0.2, -0.15) is 0 Å². The first-order chi connectivity index (χ1) is 9.53. The van der Waals surface area contributed by atoms with Crippen molar-refractivity contribution in [3.63, 3.8) is 0 Å². The molecule has 1 N–H and O–H groups in total. The zero-order chi connectivity index (χ0) is 14.6. The highest BCUT2D eigenvalue weighted by Gasteiger charge is 2.21. The molecule has 0 atom stereocenters. The number of halogens is 1. The number of thiophene rings is 1. The molecule has 4 heteroatoms. The highest BCUT2D eigenvalue weighted by atomic mass is 79.9. The second-order valence-corrected chi connectivity index (χ2v) is 7.28. The van der Waals surface area contributed by atoms with Crippen molar-refractivity contribution < 1.29 is 4.74 Å². The zero-order valence-corrected chi connectivity index (χ0v) is 14.5. The molecule has 0 saturated heterocycles. The highest BCUT2D eigenvalue weighted by molar-refractivity contribution is 9.10. The van der Waals surface area contributed by atoms with Gasteiger partial charge in [0.25, 0.3) is 0 Å². The summed E-state index contributed by atoms with van der Waals surface area (Å²) in [4.78, 5) is 1.41. The van der Waals surface area contributed by atoms with Crippen LogP contribution in [0.15, 0.2) is 40.2 Å². The molecule has 1 aromatic heterocycles. The fourth-order valence-electron chi connectivity index (χ4n) is 2.15. The van der Waals surface area contributed by atoms with Crippen LogP contribution in [-0.2, 0) is 12.0 Å². The Labute approximate surface area is 133 Å². The molecule has 2 rings (SSSR count). The van der Waals surface area contributed by atoms with Gasteiger partial charge in [0.15, 0.2) is 0 Å². The molecule has 0 aliphatic rings. The van der Waals surface area contributed by atoms with Gasteiger partial charge in [-0.15, -0.1) is 11.3 Å². The third-order valence-electron chi connectivity index (χ3n) is 3.31. The maximum atomic E-state index is 5.40. The first-order valence-corrected chi connectivity index (χ1v) is 8.27. The quantitative estimate of drug-likeness (QED) is 0.819. The Morgan fingerprint density at radius 2 is 2.10 bits per heavy atom. The van der Waals surface area contributed by atoms with Gasteiger partial charge in [0.2, 0.25) is 0 Å². The van der Waals surface area contributed by atoms with E-state index in [9.17, 15) is 0 Å². The van der Waals surface area contributed by atoms with E-state index in [-0.39, 0.29) is 5.41 Å². The molecule has 0 fully saturated rings. The van der Waals surface area contributed by atoms with E-state index in [0.29, 0.717) is 0 Å². The summed E-state index contributed by atoms with van der Waals surface area (Å²) in [5.74, 6) is 0.926. The molecule has 20 heavy (non-hydrogen) atoms. The minimum Gasteiger partial charge on any atom is -0.496 e. The first kappa shape index (κ1) is 15.5. The van der Waals surface area contributed by atoms with Crippen LogP contribution >= 0.6 is 27.3 Å². The van der Waals surface area contributed by atoms with Crippen molar-refractivity contribution in [2.45, 2.75) is 25.8 Å². The standard InChI is InChI=1S/C16H20BrNOS/c1-16(2,15-5-4-8-20-15)11-18-10-12-9-13(17)6-7-14(12)19-3/h4-9,18H,10-11H2,1-3H3. The molecule has 0 aliphatic carbocycles. The Hall–Kier alpha value is -0.840. The third kappa shape index (κ3) is 3.84. The van der Waals surface area contributed by atoms with Crippen LogP contribution in [0, 0.1) is 0 Å². The average molecular weight is 354 g/mol. The van der Waals surface area contributed by atoms with E-state index < -0.39 is 0 Å². The van der Waals surface area contributed by atoms with Crippen LogP contribution in [0.25, 0.3) is 0 Å². The summed E-state index contributed by atoms with van der Waals surface area (Å²) in [5, 5.41) is 5.67. The van der Waals surface area contributed by atoms with Gasteiger partial charge in [-0.1, -0.05) is 35.8 Å². The Bertz CT molecular complexity index is 552. The monoisotopic (exact) mass is 353 g/mol. The molecule has 0 radical (unpaired) electrons. The Kier molecular flexibility index (Phi) is 5.24.